The third-order valence-corrected chi connectivity index (χ3v) is 4.69. The molecule has 7 heteroatoms. The predicted octanol–water partition coefficient (Wildman–Crippen LogP) is 1.25. The van der Waals surface area contributed by atoms with Crippen molar-refractivity contribution in [1.29, 1.82) is 0 Å². The minimum atomic E-state index is -3.36. The van der Waals surface area contributed by atoms with Crippen molar-refractivity contribution >= 4 is 15.7 Å². The van der Waals surface area contributed by atoms with E-state index in [4.69, 9.17) is 0 Å². The molecule has 2 aromatic rings. The van der Waals surface area contributed by atoms with Crippen molar-refractivity contribution in [3.05, 3.63) is 42.7 Å². The fraction of sp³-hybridized carbons (Fsp3) is 0.308. The summed E-state index contributed by atoms with van der Waals surface area (Å²) in [6.07, 6.45) is 3.63. The van der Waals surface area contributed by atoms with Crippen molar-refractivity contribution in [2.45, 2.75) is 11.4 Å². The lowest BCUT2D eigenvalue weighted by Crippen LogP contribution is -2.22. The van der Waals surface area contributed by atoms with Gasteiger partial charge in [0.15, 0.2) is 0 Å². The summed E-state index contributed by atoms with van der Waals surface area (Å²) in [5, 5.41) is 7.33. The summed E-state index contributed by atoms with van der Waals surface area (Å²) in [4.78, 5) is 0.292. The maximum Gasteiger partial charge on any atom is 0.242 e. The number of sulfonamides is 1. The van der Waals surface area contributed by atoms with Crippen LogP contribution in [0.4, 0.5) is 5.69 Å². The van der Waals surface area contributed by atoms with E-state index in [1.807, 2.05) is 16.9 Å². The zero-order chi connectivity index (χ0) is 14.6. The van der Waals surface area contributed by atoms with E-state index in [0.717, 1.165) is 18.8 Å². The number of hydrogen-bond acceptors (Lipinski definition) is 4. The summed E-state index contributed by atoms with van der Waals surface area (Å²) in [7, 11) is -0.319. The first-order valence-electron chi connectivity index (χ1n) is 6.24. The number of hydrogen-bond donors (Lipinski definition) is 1. The number of nitrogens with zero attached hydrogens (tertiary/aromatic N) is 3. The molecule has 0 aliphatic rings. The van der Waals surface area contributed by atoms with Crippen molar-refractivity contribution in [3.63, 3.8) is 0 Å². The topological polar surface area (TPSA) is 67.2 Å². The first kappa shape index (κ1) is 14.5. The van der Waals surface area contributed by atoms with E-state index in [-0.39, 0.29) is 0 Å². The van der Waals surface area contributed by atoms with Gasteiger partial charge in [-0.2, -0.15) is 5.10 Å². The van der Waals surface area contributed by atoms with Gasteiger partial charge in [0.05, 0.1) is 11.4 Å². The van der Waals surface area contributed by atoms with Crippen molar-refractivity contribution in [2.24, 2.45) is 0 Å². The summed E-state index contributed by atoms with van der Waals surface area (Å²) in [5.41, 5.74) is 0.884. The van der Waals surface area contributed by atoms with Gasteiger partial charge in [0.25, 0.3) is 0 Å². The Balaban J connectivity index is 1.95. The Morgan fingerprint density at radius 3 is 2.50 bits per heavy atom. The zero-order valence-corrected chi connectivity index (χ0v) is 12.3. The molecule has 0 bridgehead atoms. The van der Waals surface area contributed by atoms with Gasteiger partial charge in [-0.3, -0.25) is 4.68 Å². The van der Waals surface area contributed by atoms with Crippen LogP contribution in [0.15, 0.2) is 47.6 Å². The van der Waals surface area contributed by atoms with Crippen LogP contribution in [0, 0.1) is 0 Å². The highest BCUT2D eigenvalue weighted by Crippen LogP contribution is 2.16. The lowest BCUT2D eigenvalue weighted by molar-refractivity contribution is 0.521. The second-order valence-electron chi connectivity index (χ2n) is 4.51. The van der Waals surface area contributed by atoms with Crippen molar-refractivity contribution in [3.8, 4) is 0 Å². The number of nitrogens with one attached hydrogen (secondary N) is 1. The van der Waals surface area contributed by atoms with E-state index in [1.165, 1.54) is 18.4 Å². The largest absolute Gasteiger partial charge is 0.383 e. The first-order chi connectivity index (χ1) is 9.50. The second-order valence-corrected chi connectivity index (χ2v) is 6.66. The van der Waals surface area contributed by atoms with Gasteiger partial charge in [0.1, 0.15) is 0 Å². The van der Waals surface area contributed by atoms with Gasteiger partial charge in [-0.1, -0.05) is 0 Å². The first-order valence-corrected chi connectivity index (χ1v) is 7.68. The summed E-state index contributed by atoms with van der Waals surface area (Å²) in [5.74, 6) is 0. The number of benzene rings is 1. The van der Waals surface area contributed by atoms with Gasteiger partial charge in [-0.15, -0.1) is 0 Å². The molecule has 0 saturated carbocycles. The van der Waals surface area contributed by atoms with E-state index in [2.05, 4.69) is 10.4 Å². The molecule has 1 aromatic heterocycles. The Morgan fingerprint density at radius 1 is 1.25 bits per heavy atom. The fourth-order valence-corrected chi connectivity index (χ4v) is 2.60. The van der Waals surface area contributed by atoms with Crippen LogP contribution >= 0.6 is 0 Å². The van der Waals surface area contributed by atoms with E-state index in [0.29, 0.717) is 4.90 Å². The molecule has 0 aliphatic heterocycles. The van der Waals surface area contributed by atoms with Crippen molar-refractivity contribution in [1.82, 2.24) is 14.1 Å². The maximum atomic E-state index is 11.9. The van der Waals surface area contributed by atoms with Crippen LogP contribution in [-0.4, -0.2) is 43.1 Å². The Morgan fingerprint density at radius 2 is 1.95 bits per heavy atom. The molecule has 0 saturated heterocycles. The Bertz CT molecular complexity index is 634. The van der Waals surface area contributed by atoms with Crippen LogP contribution in [-0.2, 0) is 16.6 Å². The van der Waals surface area contributed by atoms with E-state index in [1.54, 1.807) is 30.5 Å². The minimum absolute atomic E-state index is 0.292. The van der Waals surface area contributed by atoms with Crippen LogP contribution < -0.4 is 5.32 Å². The van der Waals surface area contributed by atoms with Crippen molar-refractivity contribution in [2.75, 3.05) is 26.0 Å². The summed E-state index contributed by atoms with van der Waals surface area (Å²) < 4.78 is 26.8. The molecule has 2 rings (SSSR count). The van der Waals surface area contributed by atoms with Crippen LogP contribution in [0.1, 0.15) is 0 Å². The van der Waals surface area contributed by atoms with Gasteiger partial charge in [0, 0.05) is 38.7 Å². The Kier molecular flexibility index (Phi) is 4.41. The van der Waals surface area contributed by atoms with Crippen molar-refractivity contribution < 1.29 is 8.42 Å². The fourth-order valence-electron chi connectivity index (χ4n) is 1.70. The quantitative estimate of drug-likeness (QED) is 0.870. The molecule has 0 radical (unpaired) electrons. The molecule has 1 aromatic carbocycles. The normalized spacial score (nSPS) is 11.8. The van der Waals surface area contributed by atoms with Gasteiger partial charge in [0.2, 0.25) is 10.0 Å². The number of aromatic nitrogens is 2. The second kappa shape index (κ2) is 6.06. The Labute approximate surface area is 119 Å². The highest BCUT2D eigenvalue weighted by molar-refractivity contribution is 7.89. The van der Waals surface area contributed by atoms with E-state index in [9.17, 15) is 8.42 Å². The van der Waals surface area contributed by atoms with Gasteiger partial charge in [-0.25, -0.2) is 12.7 Å². The summed E-state index contributed by atoms with van der Waals surface area (Å²) in [6.45, 7) is 1.48. The molecule has 108 valence electrons. The van der Waals surface area contributed by atoms with E-state index < -0.39 is 10.0 Å². The highest BCUT2D eigenvalue weighted by atomic mass is 32.2. The SMILES string of the molecule is CN(C)S(=O)(=O)c1ccc(NCCn2cccn2)cc1. The molecule has 1 N–H and O–H groups in total. The average molecular weight is 294 g/mol. The Hall–Kier alpha value is -1.86. The van der Waals surface area contributed by atoms with Gasteiger partial charge < -0.3 is 5.32 Å². The lowest BCUT2D eigenvalue weighted by Gasteiger charge is -2.12. The molecule has 6 nitrogen and oxygen atoms in total. The van der Waals surface area contributed by atoms with Crippen LogP contribution in [0.3, 0.4) is 0 Å². The third-order valence-electron chi connectivity index (χ3n) is 2.86. The molecule has 0 unspecified atom stereocenters. The third kappa shape index (κ3) is 3.37. The standard InChI is InChI=1S/C13H18N4O2S/c1-16(2)20(18,19)13-6-4-12(5-7-13)14-9-11-17-10-3-8-15-17/h3-8,10,14H,9,11H2,1-2H3. The molecule has 0 atom stereocenters. The average Bonchev–Trinajstić information content (AvgIpc) is 2.92. The molecule has 0 amide bonds. The summed E-state index contributed by atoms with van der Waals surface area (Å²) >= 11 is 0. The molecule has 20 heavy (non-hydrogen) atoms. The molecule has 1 heterocycles. The smallest absolute Gasteiger partial charge is 0.242 e. The monoisotopic (exact) mass is 294 g/mol. The van der Waals surface area contributed by atoms with Crippen LogP contribution in [0.5, 0.6) is 0 Å². The van der Waals surface area contributed by atoms with Crippen LogP contribution in [0.25, 0.3) is 0 Å². The number of rotatable bonds is 6. The molecule has 0 spiro atoms. The minimum Gasteiger partial charge on any atom is -0.383 e. The number of anilines is 1. The maximum absolute atomic E-state index is 11.9. The summed E-state index contributed by atoms with van der Waals surface area (Å²) in [6, 6.07) is 8.61. The molecule has 0 aliphatic carbocycles. The molecular formula is C13H18N4O2S. The van der Waals surface area contributed by atoms with Gasteiger partial charge >= 0.3 is 0 Å². The van der Waals surface area contributed by atoms with E-state index >= 15 is 0 Å². The molecule has 0 fully saturated rings. The lowest BCUT2D eigenvalue weighted by atomic mass is 10.3. The highest BCUT2D eigenvalue weighted by Gasteiger charge is 2.16. The predicted molar refractivity (Wildman–Crippen MR) is 78.0 cm³/mol. The van der Waals surface area contributed by atoms with Gasteiger partial charge in [-0.05, 0) is 30.3 Å². The molecular weight excluding hydrogens is 276 g/mol. The zero-order valence-electron chi connectivity index (χ0n) is 11.5. The van der Waals surface area contributed by atoms with Crippen LogP contribution in [0.2, 0.25) is 0 Å².